The van der Waals surface area contributed by atoms with Gasteiger partial charge in [0.05, 0.1) is 5.75 Å². The van der Waals surface area contributed by atoms with E-state index in [1.165, 1.54) is 17.3 Å². The number of carbonyl (C=O) groups is 2. The number of benzene rings is 2. The van der Waals surface area contributed by atoms with Gasteiger partial charge >= 0.3 is 0 Å². The number of thioether (sulfide) groups is 1. The highest BCUT2D eigenvalue weighted by Crippen LogP contribution is 2.21. The number of nitrogens with zero attached hydrogens (tertiary/aromatic N) is 3. The fraction of sp³-hybridized carbons (Fsp3) is 0.238. The molecule has 0 bridgehead atoms. The van der Waals surface area contributed by atoms with E-state index in [1.807, 2.05) is 35.8 Å². The third kappa shape index (κ3) is 5.03. The van der Waals surface area contributed by atoms with E-state index in [0.29, 0.717) is 22.4 Å². The first-order chi connectivity index (χ1) is 14.1. The predicted molar refractivity (Wildman–Crippen MR) is 112 cm³/mol. The summed E-state index contributed by atoms with van der Waals surface area (Å²) in [6, 6.07) is 15.2. The van der Waals surface area contributed by atoms with E-state index >= 15 is 0 Å². The maximum Gasteiger partial charge on any atom is 0.251 e. The molecular weight excluding hydrogens is 386 g/mol. The summed E-state index contributed by atoms with van der Waals surface area (Å²) in [5.41, 5.74) is 3.36. The van der Waals surface area contributed by atoms with E-state index < -0.39 is 0 Å². The van der Waals surface area contributed by atoms with E-state index in [1.54, 1.807) is 30.6 Å². The van der Waals surface area contributed by atoms with Crippen molar-refractivity contribution in [2.75, 3.05) is 11.1 Å². The van der Waals surface area contributed by atoms with Crippen LogP contribution >= 0.6 is 11.8 Å². The first kappa shape index (κ1) is 19.2. The van der Waals surface area contributed by atoms with Crippen molar-refractivity contribution in [3.63, 3.8) is 0 Å². The van der Waals surface area contributed by atoms with Gasteiger partial charge in [-0.1, -0.05) is 29.5 Å². The van der Waals surface area contributed by atoms with Crippen LogP contribution in [0.1, 0.15) is 28.8 Å². The lowest BCUT2D eigenvalue weighted by Crippen LogP contribution is -2.25. The Balaban J connectivity index is 1.32. The highest BCUT2D eigenvalue weighted by atomic mass is 32.2. The molecule has 8 heteroatoms. The van der Waals surface area contributed by atoms with Crippen LogP contribution in [0, 0.1) is 6.92 Å². The molecule has 0 unspecified atom stereocenters. The molecule has 0 atom stereocenters. The molecule has 0 spiro atoms. The highest BCUT2D eigenvalue weighted by molar-refractivity contribution is 7.99. The van der Waals surface area contributed by atoms with Crippen molar-refractivity contribution in [1.29, 1.82) is 0 Å². The van der Waals surface area contributed by atoms with Gasteiger partial charge in [0, 0.05) is 23.0 Å². The lowest BCUT2D eigenvalue weighted by atomic mass is 10.2. The van der Waals surface area contributed by atoms with Crippen molar-refractivity contribution >= 4 is 29.3 Å². The third-order valence-electron chi connectivity index (χ3n) is 4.50. The SMILES string of the molecule is Cc1ccc(-n2cnnc2SCC(=O)Nc2ccc(C(=O)NC3CC3)cc2)cc1. The Morgan fingerprint density at radius 2 is 1.83 bits per heavy atom. The number of anilines is 1. The van der Waals surface area contributed by atoms with Crippen LogP contribution in [0.3, 0.4) is 0 Å². The van der Waals surface area contributed by atoms with Crippen molar-refractivity contribution < 1.29 is 9.59 Å². The Morgan fingerprint density at radius 3 is 2.52 bits per heavy atom. The Bertz CT molecular complexity index is 1010. The monoisotopic (exact) mass is 407 g/mol. The topological polar surface area (TPSA) is 88.9 Å². The smallest absolute Gasteiger partial charge is 0.251 e. The molecule has 1 aliphatic rings. The molecule has 3 aromatic rings. The number of nitrogens with one attached hydrogen (secondary N) is 2. The summed E-state index contributed by atoms with van der Waals surface area (Å²) < 4.78 is 1.85. The maximum absolute atomic E-state index is 12.3. The van der Waals surface area contributed by atoms with Gasteiger partial charge in [-0.05, 0) is 56.2 Å². The minimum atomic E-state index is -0.149. The minimum absolute atomic E-state index is 0.0728. The van der Waals surface area contributed by atoms with Gasteiger partial charge in [0.1, 0.15) is 6.33 Å². The molecule has 148 valence electrons. The van der Waals surface area contributed by atoms with E-state index in [0.717, 1.165) is 18.5 Å². The van der Waals surface area contributed by atoms with Crippen LogP contribution in [-0.4, -0.2) is 38.4 Å². The van der Waals surface area contributed by atoms with Gasteiger partial charge < -0.3 is 10.6 Å². The van der Waals surface area contributed by atoms with Crippen LogP contribution in [0.2, 0.25) is 0 Å². The van der Waals surface area contributed by atoms with Gasteiger partial charge in [-0.25, -0.2) is 0 Å². The molecule has 29 heavy (non-hydrogen) atoms. The summed E-state index contributed by atoms with van der Waals surface area (Å²) in [4.78, 5) is 24.3. The molecule has 1 aromatic heterocycles. The molecule has 1 heterocycles. The first-order valence-corrected chi connectivity index (χ1v) is 10.4. The summed E-state index contributed by atoms with van der Waals surface area (Å²) in [7, 11) is 0. The summed E-state index contributed by atoms with van der Waals surface area (Å²) in [5, 5.41) is 14.5. The second-order valence-corrected chi connectivity index (χ2v) is 7.92. The molecule has 4 rings (SSSR count). The van der Waals surface area contributed by atoms with Crippen molar-refractivity contribution in [3.05, 3.63) is 66.0 Å². The molecular formula is C21H21N5O2S. The average Bonchev–Trinajstić information content (AvgIpc) is 3.41. The van der Waals surface area contributed by atoms with Crippen molar-refractivity contribution in [3.8, 4) is 5.69 Å². The molecule has 1 fully saturated rings. The molecule has 1 saturated carbocycles. The molecule has 1 aliphatic carbocycles. The zero-order chi connectivity index (χ0) is 20.2. The third-order valence-corrected chi connectivity index (χ3v) is 5.45. The molecule has 0 radical (unpaired) electrons. The van der Waals surface area contributed by atoms with Gasteiger partial charge in [-0.2, -0.15) is 0 Å². The van der Waals surface area contributed by atoms with Crippen LogP contribution in [-0.2, 0) is 4.79 Å². The quantitative estimate of drug-likeness (QED) is 0.587. The molecule has 0 aliphatic heterocycles. The van der Waals surface area contributed by atoms with Gasteiger partial charge in [0.25, 0.3) is 5.91 Å². The number of aryl methyl sites for hydroxylation is 1. The zero-order valence-electron chi connectivity index (χ0n) is 16.0. The van der Waals surface area contributed by atoms with Crippen molar-refractivity contribution in [1.82, 2.24) is 20.1 Å². The van der Waals surface area contributed by atoms with Crippen LogP contribution in [0.5, 0.6) is 0 Å². The Morgan fingerprint density at radius 1 is 1.10 bits per heavy atom. The fourth-order valence-corrected chi connectivity index (χ4v) is 3.46. The van der Waals surface area contributed by atoms with Crippen LogP contribution in [0.25, 0.3) is 5.69 Å². The molecule has 2 N–H and O–H groups in total. The Hall–Kier alpha value is -3.13. The Labute approximate surface area is 172 Å². The highest BCUT2D eigenvalue weighted by Gasteiger charge is 2.23. The first-order valence-electron chi connectivity index (χ1n) is 9.39. The number of hydrogen-bond acceptors (Lipinski definition) is 5. The van der Waals surface area contributed by atoms with Gasteiger partial charge in [0.15, 0.2) is 5.16 Å². The molecule has 2 aromatic carbocycles. The lowest BCUT2D eigenvalue weighted by Gasteiger charge is -2.08. The second-order valence-electron chi connectivity index (χ2n) is 6.98. The van der Waals surface area contributed by atoms with Gasteiger partial charge in [-0.15, -0.1) is 10.2 Å². The largest absolute Gasteiger partial charge is 0.349 e. The average molecular weight is 407 g/mol. The fourth-order valence-electron chi connectivity index (χ4n) is 2.73. The predicted octanol–water partition coefficient (Wildman–Crippen LogP) is 3.20. The van der Waals surface area contributed by atoms with Crippen LogP contribution in [0.15, 0.2) is 60.0 Å². The summed E-state index contributed by atoms with van der Waals surface area (Å²) in [6.07, 6.45) is 3.74. The standard InChI is InChI=1S/C21H21N5O2S/c1-14-2-10-18(11-3-14)26-13-22-25-21(26)29-12-19(27)23-16-6-4-15(5-7-16)20(28)24-17-8-9-17/h2-7,10-11,13,17H,8-9,12H2,1H3,(H,23,27)(H,24,28). The summed E-state index contributed by atoms with van der Waals surface area (Å²) in [6.45, 7) is 2.03. The molecule has 7 nitrogen and oxygen atoms in total. The molecule has 2 amide bonds. The minimum Gasteiger partial charge on any atom is -0.349 e. The normalized spacial score (nSPS) is 13.1. The van der Waals surface area contributed by atoms with E-state index in [4.69, 9.17) is 0 Å². The molecule has 0 saturated heterocycles. The maximum atomic E-state index is 12.3. The second kappa shape index (κ2) is 8.48. The van der Waals surface area contributed by atoms with Gasteiger partial charge in [-0.3, -0.25) is 14.2 Å². The summed E-state index contributed by atoms with van der Waals surface area (Å²) >= 11 is 1.32. The van der Waals surface area contributed by atoms with Crippen molar-refractivity contribution in [2.45, 2.75) is 31.0 Å². The number of hydrogen-bond donors (Lipinski definition) is 2. The number of aromatic nitrogens is 3. The number of amides is 2. The van der Waals surface area contributed by atoms with Crippen LogP contribution in [0.4, 0.5) is 5.69 Å². The van der Waals surface area contributed by atoms with E-state index in [9.17, 15) is 9.59 Å². The Kier molecular flexibility index (Phi) is 5.62. The van der Waals surface area contributed by atoms with Crippen molar-refractivity contribution in [2.24, 2.45) is 0 Å². The van der Waals surface area contributed by atoms with E-state index in [2.05, 4.69) is 20.8 Å². The summed E-state index contributed by atoms with van der Waals surface area (Å²) in [5.74, 6) is -0.0194. The number of rotatable bonds is 7. The van der Waals surface area contributed by atoms with Crippen LogP contribution < -0.4 is 10.6 Å². The zero-order valence-corrected chi connectivity index (χ0v) is 16.8. The number of carbonyl (C=O) groups excluding carboxylic acids is 2. The van der Waals surface area contributed by atoms with Gasteiger partial charge in [0.2, 0.25) is 5.91 Å². The van der Waals surface area contributed by atoms with E-state index in [-0.39, 0.29) is 17.6 Å². The lowest BCUT2D eigenvalue weighted by molar-refractivity contribution is -0.113.